The van der Waals surface area contributed by atoms with Crippen LogP contribution < -0.4 is 4.74 Å². The lowest BCUT2D eigenvalue weighted by molar-refractivity contribution is 0.0837. The van der Waals surface area contributed by atoms with Crippen LogP contribution in [-0.4, -0.2) is 49.3 Å². The number of ether oxygens (including phenoxy) is 2. The molecule has 0 spiro atoms. The zero-order valence-corrected chi connectivity index (χ0v) is 15.8. The molecular weight excluding hydrogens is 324 g/mol. The lowest BCUT2D eigenvalue weighted by Gasteiger charge is -2.36. The summed E-state index contributed by atoms with van der Waals surface area (Å²) in [4.78, 5) is 7.04. The van der Waals surface area contributed by atoms with Crippen LogP contribution in [0.4, 0.5) is 0 Å². The van der Waals surface area contributed by atoms with Gasteiger partial charge in [-0.1, -0.05) is 18.2 Å². The van der Waals surface area contributed by atoms with Gasteiger partial charge in [-0.3, -0.25) is 4.90 Å². The summed E-state index contributed by atoms with van der Waals surface area (Å²) in [5.41, 5.74) is 5.40. The Labute approximate surface area is 156 Å². The fraction of sp³-hybridized carbons (Fsp3) is 0.500. The van der Waals surface area contributed by atoms with Crippen molar-refractivity contribution < 1.29 is 9.47 Å². The Morgan fingerprint density at radius 3 is 2.73 bits per heavy atom. The van der Waals surface area contributed by atoms with E-state index >= 15 is 0 Å². The number of methoxy groups -OCH3 is 2. The number of benzene rings is 1. The van der Waals surface area contributed by atoms with Gasteiger partial charge in [0.2, 0.25) is 5.88 Å². The smallest absolute Gasteiger partial charge is 0.212 e. The molecule has 1 aromatic carbocycles. The quantitative estimate of drug-likeness (QED) is 0.821. The second kappa shape index (κ2) is 7.77. The summed E-state index contributed by atoms with van der Waals surface area (Å²) in [5, 5.41) is 0. The summed E-state index contributed by atoms with van der Waals surface area (Å²) in [6.45, 7) is 2.09. The number of nitrogens with zero attached hydrogens (tertiary/aromatic N) is 2. The van der Waals surface area contributed by atoms with Crippen molar-refractivity contribution in [2.75, 3.05) is 27.4 Å². The summed E-state index contributed by atoms with van der Waals surface area (Å²) in [5.74, 6) is 0.658. The number of pyridine rings is 1. The molecule has 2 unspecified atom stereocenters. The number of likely N-dealkylation sites (tertiary alicyclic amines) is 1. The molecule has 1 aliphatic heterocycles. The van der Waals surface area contributed by atoms with Crippen LogP contribution in [0.1, 0.15) is 30.4 Å². The van der Waals surface area contributed by atoms with Gasteiger partial charge in [0.25, 0.3) is 0 Å². The monoisotopic (exact) mass is 352 g/mol. The predicted molar refractivity (Wildman–Crippen MR) is 104 cm³/mol. The van der Waals surface area contributed by atoms with Crippen molar-refractivity contribution in [3.05, 3.63) is 47.7 Å². The molecule has 26 heavy (non-hydrogen) atoms. The van der Waals surface area contributed by atoms with Crippen molar-refractivity contribution in [3.8, 4) is 17.0 Å². The van der Waals surface area contributed by atoms with Gasteiger partial charge in [0.1, 0.15) is 0 Å². The average Bonchev–Trinajstić information content (AvgIpc) is 3.16. The van der Waals surface area contributed by atoms with Crippen LogP contribution in [-0.2, 0) is 17.6 Å². The molecule has 4 nitrogen and oxygen atoms in total. The molecule has 2 heterocycles. The number of aromatic nitrogens is 1. The largest absolute Gasteiger partial charge is 0.481 e. The van der Waals surface area contributed by atoms with Crippen molar-refractivity contribution in [3.63, 3.8) is 0 Å². The molecule has 0 radical (unpaired) electrons. The highest BCUT2D eigenvalue weighted by Crippen LogP contribution is 2.32. The molecular formula is C22H28N2O2. The molecule has 1 saturated heterocycles. The van der Waals surface area contributed by atoms with Crippen LogP contribution in [0.5, 0.6) is 5.88 Å². The van der Waals surface area contributed by atoms with Crippen LogP contribution in [0, 0.1) is 0 Å². The predicted octanol–water partition coefficient (Wildman–Crippen LogP) is 3.73. The van der Waals surface area contributed by atoms with E-state index in [1.807, 2.05) is 19.4 Å². The van der Waals surface area contributed by atoms with Gasteiger partial charge >= 0.3 is 0 Å². The van der Waals surface area contributed by atoms with Crippen LogP contribution in [0.2, 0.25) is 0 Å². The fourth-order valence-corrected chi connectivity index (χ4v) is 4.58. The van der Waals surface area contributed by atoms with Gasteiger partial charge in [-0.05, 0) is 61.4 Å². The first kappa shape index (κ1) is 17.5. The van der Waals surface area contributed by atoms with Gasteiger partial charge < -0.3 is 9.47 Å². The Hall–Kier alpha value is -1.91. The molecule has 0 saturated carbocycles. The number of aryl methyl sites for hydroxylation is 1. The first-order chi connectivity index (χ1) is 12.8. The number of fused-ring (bicyclic) bond motifs is 1. The van der Waals surface area contributed by atoms with Crippen LogP contribution in [0.3, 0.4) is 0 Å². The second-order valence-electron chi connectivity index (χ2n) is 7.46. The van der Waals surface area contributed by atoms with Crippen LogP contribution in [0.15, 0.2) is 36.5 Å². The lowest BCUT2D eigenvalue weighted by Crippen LogP contribution is -2.44. The average molecular weight is 352 g/mol. The van der Waals surface area contributed by atoms with E-state index in [0.717, 1.165) is 25.0 Å². The highest BCUT2D eigenvalue weighted by Gasteiger charge is 2.32. The first-order valence-corrected chi connectivity index (χ1v) is 9.65. The van der Waals surface area contributed by atoms with Crippen LogP contribution in [0.25, 0.3) is 11.1 Å². The molecule has 2 aromatic rings. The van der Waals surface area contributed by atoms with Gasteiger partial charge in [0.15, 0.2) is 0 Å². The van der Waals surface area contributed by atoms with E-state index < -0.39 is 0 Å². The molecule has 1 aromatic heterocycles. The third-order valence-corrected chi connectivity index (χ3v) is 5.94. The summed E-state index contributed by atoms with van der Waals surface area (Å²) >= 11 is 0. The molecule has 0 bridgehead atoms. The third kappa shape index (κ3) is 3.49. The molecule has 0 N–H and O–H groups in total. The van der Waals surface area contributed by atoms with Crippen LogP contribution >= 0.6 is 0 Å². The summed E-state index contributed by atoms with van der Waals surface area (Å²) in [6.07, 6.45) is 8.05. The minimum Gasteiger partial charge on any atom is -0.481 e. The highest BCUT2D eigenvalue weighted by molar-refractivity contribution is 5.64. The zero-order chi connectivity index (χ0) is 17.9. The summed E-state index contributed by atoms with van der Waals surface area (Å²) in [6, 6.07) is 12.2. The Kier molecular flexibility index (Phi) is 5.23. The summed E-state index contributed by atoms with van der Waals surface area (Å²) in [7, 11) is 3.47. The molecule has 1 aliphatic carbocycles. The molecule has 1 fully saturated rings. The third-order valence-electron chi connectivity index (χ3n) is 5.94. The maximum atomic E-state index is 5.44. The lowest BCUT2D eigenvalue weighted by atomic mass is 9.85. The second-order valence-corrected chi connectivity index (χ2v) is 7.46. The van der Waals surface area contributed by atoms with E-state index in [1.165, 1.54) is 42.5 Å². The van der Waals surface area contributed by atoms with Crippen molar-refractivity contribution in [1.29, 1.82) is 0 Å². The maximum absolute atomic E-state index is 5.44. The number of rotatable bonds is 5. The molecule has 4 heteroatoms. The number of hydrogen-bond acceptors (Lipinski definition) is 4. The highest BCUT2D eigenvalue weighted by atomic mass is 16.5. The van der Waals surface area contributed by atoms with E-state index in [-0.39, 0.29) is 0 Å². The van der Waals surface area contributed by atoms with Gasteiger partial charge in [-0.15, -0.1) is 0 Å². The molecule has 4 rings (SSSR count). The van der Waals surface area contributed by atoms with Gasteiger partial charge in [0, 0.05) is 37.0 Å². The van der Waals surface area contributed by atoms with Gasteiger partial charge in [-0.2, -0.15) is 0 Å². The number of hydrogen-bond donors (Lipinski definition) is 0. The summed E-state index contributed by atoms with van der Waals surface area (Å²) < 4.78 is 10.6. The Morgan fingerprint density at radius 1 is 1.08 bits per heavy atom. The topological polar surface area (TPSA) is 34.6 Å². The Morgan fingerprint density at radius 2 is 1.96 bits per heavy atom. The Balaban J connectivity index is 1.50. The van der Waals surface area contributed by atoms with Gasteiger partial charge in [0.05, 0.1) is 13.7 Å². The molecule has 2 atom stereocenters. The maximum Gasteiger partial charge on any atom is 0.212 e. The normalized spacial score (nSPS) is 23.0. The molecule has 0 amide bonds. The Bertz CT molecular complexity index is 744. The minimum atomic E-state index is 0.608. The minimum absolute atomic E-state index is 0.608. The standard InChI is InChI=1S/C22H28N2O2/c1-25-15-21-4-3-11-24(21)20-9-7-16-12-17(5-6-18(16)13-20)19-8-10-22(26-2)23-14-19/h5-6,8,10,12,14,20-21H,3-4,7,9,11,13,15H2,1-2H3. The van der Waals surface area contributed by atoms with Crippen molar-refractivity contribution >= 4 is 0 Å². The fourth-order valence-electron chi connectivity index (χ4n) is 4.58. The van der Waals surface area contributed by atoms with E-state index in [9.17, 15) is 0 Å². The van der Waals surface area contributed by atoms with E-state index in [0.29, 0.717) is 18.0 Å². The van der Waals surface area contributed by atoms with Crippen molar-refractivity contribution in [2.24, 2.45) is 0 Å². The van der Waals surface area contributed by atoms with Crippen molar-refractivity contribution in [2.45, 2.75) is 44.2 Å². The zero-order valence-electron chi connectivity index (χ0n) is 15.8. The molecule has 138 valence electrons. The van der Waals surface area contributed by atoms with E-state index in [1.54, 1.807) is 7.11 Å². The van der Waals surface area contributed by atoms with Crippen molar-refractivity contribution in [1.82, 2.24) is 9.88 Å². The SMILES string of the molecule is COCC1CCCN1C1CCc2cc(-c3ccc(OC)nc3)ccc2C1. The van der Waals surface area contributed by atoms with E-state index in [4.69, 9.17) is 9.47 Å². The molecule has 2 aliphatic rings. The van der Waals surface area contributed by atoms with E-state index in [2.05, 4.69) is 34.1 Å². The van der Waals surface area contributed by atoms with Gasteiger partial charge in [-0.25, -0.2) is 4.98 Å². The first-order valence-electron chi connectivity index (χ1n) is 9.65.